The van der Waals surface area contributed by atoms with Gasteiger partial charge in [0.25, 0.3) is 0 Å². The highest BCUT2D eigenvalue weighted by Gasteiger charge is 2.62. The van der Waals surface area contributed by atoms with E-state index in [0.29, 0.717) is 24.4 Å². The number of ether oxygens (including phenoxy) is 1. The summed E-state index contributed by atoms with van der Waals surface area (Å²) >= 11 is 0. The van der Waals surface area contributed by atoms with E-state index in [2.05, 4.69) is 10.6 Å². The van der Waals surface area contributed by atoms with E-state index >= 15 is 0 Å². The summed E-state index contributed by atoms with van der Waals surface area (Å²) in [6.07, 6.45) is 0.435. The van der Waals surface area contributed by atoms with E-state index in [-0.39, 0.29) is 12.0 Å². The zero-order chi connectivity index (χ0) is 17.3. The lowest BCUT2D eigenvalue weighted by atomic mass is 9.54. The first-order valence-electron chi connectivity index (χ1n) is 7.59. The Bertz CT molecular complexity index is 617. The van der Waals surface area contributed by atoms with E-state index in [1.165, 1.54) is 0 Å². The first kappa shape index (κ1) is 17.2. The van der Waals surface area contributed by atoms with Crippen LogP contribution in [0.25, 0.3) is 0 Å². The standard InChI is InChI=1S/C16H24N4O3/c1-4-23-12-9-16(18,15(12,2)3)13(21)19-10-6-5-7-11(8-10)20-14(17)22/h5-8,12H,4,9,18H2,1-3H3,(H,19,21)(H3,17,20,22). The number of nitrogens with one attached hydrogen (secondary N) is 2. The van der Waals surface area contributed by atoms with Gasteiger partial charge in [-0.05, 0) is 25.1 Å². The number of nitrogens with two attached hydrogens (primary N) is 2. The lowest BCUT2D eigenvalue weighted by Crippen LogP contribution is -2.74. The number of urea groups is 1. The molecule has 0 radical (unpaired) electrons. The molecule has 3 amide bonds. The molecule has 2 atom stereocenters. The molecule has 0 aromatic heterocycles. The van der Waals surface area contributed by atoms with Crippen molar-refractivity contribution in [2.24, 2.45) is 16.9 Å². The second kappa shape index (κ2) is 6.17. The summed E-state index contributed by atoms with van der Waals surface area (Å²) in [5, 5.41) is 5.27. The topological polar surface area (TPSA) is 119 Å². The van der Waals surface area contributed by atoms with Gasteiger partial charge in [-0.15, -0.1) is 0 Å². The molecule has 2 unspecified atom stereocenters. The van der Waals surface area contributed by atoms with Crippen LogP contribution < -0.4 is 22.1 Å². The minimum atomic E-state index is -1.00. The third-order valence-corrected chi connectivity index (χ3v) is 4.62. The maximum atomic E-state index is 12.6. The number of primary amides is 1. The summed E-state index contributed by atoms with van der Waals surface area (Å²) in [5.74, 6) is -0.269. The normalized spacial score (nSPS) is 25.3. The van der Waals surface area contributed by atoms with Crippen molar-refractivity contribution in [3.8, 4) is 0 Å². The average molecular weight is 320 g/mol. The number of anilines is 2. The van der Waals surface area contributed by atoms with Crippen molar-refractivity contribution in [2.75, 3.05) is 17.2 Å². The molecular formula is C16H24N4O3. The number of rotatable bonds is 5. The summed E-state index contributed by atoms with van der Waals surface area (Å²) in [7, 11) is 0. The Morgan fingerprint density at radius 2 is 1.91 bits per heavy atom. The van der Waals surface area contributed by atoms with Crippen LogP contribution in [0.4, 0.5) is 16.2 Å². The van der Waals surface area contributed by atoms with Gasteiger partial charge in [0.05, 0.1) is 6.10 Å². The molecule has 1 aliphatic carbocycles. The van der Waals surface area contributed by atoms with Gasteiger partial charge < -0.3 is 26.8 Å². The van der Waals surface area contributed by atoms with Crippen molar-refractivity contribution in [3.05, 3.63) is 24.3 Å². The predicted molar refractivity (Wildman–Crippen MR) is 89.0 cm³/mol. The molecule has 0 heterocycles. The van der Waals surface area contributed by atoms with Crippen molar-refractivity contribution in [1.82, 2.24) is 0 Å². The molecule has 1 saturated carbocycles. The van der Waals surface area contributed by atoms with Gasteiger partial charge in [0.1, 0.15) is 5.54 Å². The summed E-state index contributed by atoms with van der Waals surface area (Å²) in [4.78, 5) is 23.5. The lowest BCUT2D eigenvalue weighted by molar-refractivity contribution is -0.166. The summed E-state index contributed by atoms with van der Waals surface area (Å²) in [6, 6.07) is 6.07. The minimum absolute atomic E-state index is 0.0360. The quantitative estimate of drug-likeness (QED) is 0.659. The van der Waals surface area contributed by atoms with E-state index in [1.807, 2.05) is 20.8 Å². The molecule has 7 heteroatoms. The highest BCUT2D eigenvalue weighted by molar-refractivity contribution is 6.00. The number of benzene rings is 1. The molecule has 0 aliphatic heterocycles. The van der Waals surface area contributed by atoms with Gasteiger partial charge in [0.2, 0.25) is 5.91 Å². The SMILES string of the molecule is CCOC1CC(N)(C(=O)Nc2cccc(NC(N)=O)c2)C1(C)C. The molecule has 1 aromatic rings. The first-order chi connectivity index (χ1) is 10.7. The van der Waals surface area contributed by atoms with Crippen molar-refractivity contribution < 1.29 is 14.3 Å². The lowest BCUT2D eigenvalue weighted by Gasteiger charge is -2.57. The van der Waals surface area contributed by atoms with Gasteiger partial charge in [0.15, 0.2) is 0 Å². The molecule has 2 rings (SSSR count). The van der Waals surface area contributed by atoms with E-state index in [9.17, 15) is 9.59 Å². The van der Waals surface area contributed by atoms with Gasteiger partial charge in [-0.3, -0.25) is 4.79 Å². The van der Waals surface area contributed by atoms with Crippen molar-refractivity contribution in [2.45, 2.75) is 38.8 Å². The third kappa shape index (κ3) is 3.16. The van der Waals surface area contributed by atoms with E-state index in [4.69, 9.17) is 16.2 Å². The molecule has 23 heavy (non-hydrogen) atoms. The fourth-order valence-electron chi connectivity index (χ4n) is 2.88. The number of hydrogen-bond donors (Lipinski definition) is 4. The van der Waals surface area contributed by atoms with Crippen LogP contribution in [0.3, 0.4) is 0 Å². The van der Waals surface area contributed by atoms with E-state index in [1.54, 1.807) is 24.3 Å². The third-order valence-electron chi connectivity index (χ3n) is 4.62. The predicted octanol–water partition coefficient (Wildman–Crippen LogP) is 1.65. The molecule has 126 valence electrons. The Morgan fingerprint density at radius 3 is 2.43 bits per heavy atom. The van der Waals surface area contributed by atoms with E-state index in [0.717, 1.165) is 0 Å². The average Bonchev–Trinajstić information content (AvgIpc) is 2.46. The summed E-state index contributed by atoms with van der Waals surface area (Å²) in [5.41, 5.74) is 11.0. The zero-order valence-electron chi connectivity index (χ0n) is 13.7. The van der Waals surface area contributed by atoms with Crippen molar-refractivity contribution in [1.29, 1.82) is 0 Å². The fourth-order valence-corrected chi connectivity index (χ4v) is 2.88. The molecule has 1 fully saturated rings. The van der Waals surface area contributed by atoms with Crippen LogP contribution >= 0.6 is 0 Å². The Kier molecular flexibility index (Phi) is 4.63. The van der Waals surface area contributed by atoms with Gasteiger partial charge in [-0.1, -0.05) is 19.9 Å². The van der Waals surface area contributed by atoms with Crippen LogP contribution in [0, 0.1) is 5.41 Å². The monoisotopic (exact) mass is 320 g/mol. The molecule has 1 aromatic carbocycles. The molecule has 0 bridgehead atoms. The Balaban J connectivity index is 2.09. The smallest absolute Gasteiger partial charge is 0.316 e. The number of carbonyl (C=O) groups is 2. The molecule has 7 nitrogen and oxygen atoms in total. The fraction of sp³-hybridized carbons (Fsp3) is 0.500. The van der Waals surface area contributed by atoms with Crippen LogP contribution in [0.2, 0.25) is 0 Å². The van der Waals surface area contributed by atoms with Crippen molar-refractivity contribution in [3.63, 3.8) is 0 Å². The first-order valence-corrected chi connectivity index (χ1v) is 7.59. The van der Waals surface area contributed by atoms with Gasteiger partial charge in [-0.2, -0.15) is 0 Å². The second-order valence-corrected chi connectivity index (χ2v) is 6.37. The number of carbonyl (C=O) groups excluding carboxylic acids is 2. The Hall–Kier alpha value is -2.12. The maximum absolute atomic E-state index is 12.6. The largest absolute Gasteiger partial charge is 0.378 e. The van der Waals surface area contributed by atoms with Crippen LogP contribution in [-0.2, 0) is 9.53 Å². The van der Waals surface area contributed by atoms with E-state index < -0.39 is 17.0 Å². The molecule has 6 N–H and O–H groups in total. The van der Waals surface area contributed by atoms with Crippen LogP contribution in [0.15, 0.2) is 24.3 Å². The highest BCUT2D eigenvalue weighted by Crippen LogP contribution is 2.50. The van der Waals surface area contributed by atoms with Gasteiger partial charge in [-0.25, -0.2) is 4.79 Å². The zero-order valence-corrected chi connectivity index (χ0v) is 13.7. The van der Waals surface area contributed by atoms with Gasteiger partial charge in [0, 0.05) is 29.8 Å². The Morgan fingerprint density at radius 1 is 1.30 bits per heavy atom. The van der Waals surface area contributed by atoms with Crippen LogP contribution in [0.5, 0.6) is 0 Å². The van der Waals surface area contributed by atoms with Gasteiger partial charge >= 0.3 is 6.03 Å². The van der Waals surface area contributed by atoms with Crippen LogP contribution in [-0.4, -0.2) is 30.2 Å². The minimum Gasteiger partial charge on any atom is -0.378 e. The maximum Gasteiger partial charge on any atom is 0.316 e. The molecular weight excluding hydrogens is 296 g/mol. The summed E-state index contributed by atoms with van der Waals surface area (Å²) in [6.45, 7) is 6.37. The van der Waals surface area contributed by atoms with Crippen molar-refractivity contribution >= 4 is 23.3 Å². The number of hydrogen-bond acceptors (Lipinski definition) is 4. The number of amides is 3. The second-order valence-electron chi connectivity index (χ2n) is 6.37. The molecule has 0 saturated heterocycles. The Labute approximate surface area is 135 Å². The highest BCUT2D eigenvalue weighted by atomic mass is 16.5. The van der Waals surface area contributed by atoms with Crippen LogP contribution in [0.1, 0.15) is 27.2 Å². The molecule has 1 aliphatic rings. The summed E-state index contributed by atoms with van der Waals surface area (Å²) < 4.78 is 5.63. The molecule has 0 spiro atoms.